The Bertz CT molecular complexity index is 417. The van der Waals surface area contributed by atoms with Crippen molar-refractivity contribution in [2.45, 2.75) is 52.7 Å². The lowest BCUT2D eigenvalue weighted by molar-refractivity contribution is 0.0367. The van der Waals surface area contributed by atoms with Crippen molar-refractivity contribution in [2.75, 3.05) is 26.7 Å². The summed E-state index contributed by atoms with van der Waals surface area (Å²) >= 11 is 0. The normalized spacial score (nSPS) is 13.7. The minimum atomic E-state index is -0.634. The number of aryl methyl sites for hydroxylation is 2. The summed E-state index contributed by atoms with van der Waals surface area (Å²) in [4.78, 5) is 2.31. The van der Waals surface area contributed by atoms with Gasteiger partial charge < -0.3 is 15.3 Å². The summed E-state index contributed by atoms with van der Waals surface area (Å²) in [5, 5.41) is 13.4. The van der Waals surface area contributed by atoms with Crippen LogP contribution in [0.15, 0.2) is 18.2 Å². The first-order valence-electron chi connectivity index (χ1n) is 7.95. The van der Waals surface area contributed by atoms with E-state index in [0.717, 1.165) is 19.5 Å². The van der Waals surface area contributed by atoms with E-state index in [4.69, 9.17) is 0 Å². The first kappa shape index (κ1) is 18.1. The number of nitrogens with one attached hydrogen (secondary N) is 1. The second-order valence-corrected chi connectivity index (χ2v) is 6.73. The molecule has 3 nitrogen and oxygen atoms in total. The molecule has 0 heterocycles. The van der Waals surface area contributed by atoms with E-state index < -0.39 is 5.60 Å². The Morgan fingerprint density at radius 1 is 1.19 bits per heavy atom. The lowest BCUT2D eigenvalue weighted by atomic mass is 9.99. The maximum absolute atomic E-state index is 9.97. The van der Waals surface area contributed by atoms with Gasteiger partial charge in [0.2, 0.25) is 0 Å². The Balaban J connectivity index is 2.69. The quantitative estimate of drug-likeness (QED) is 0.773. The van der Waals surface area contributed by atoms with Gasteiger partial charge in [0, 0.05) is 19.1 Å². The summed E-state index contributed by atoms with van der Waals surface area (Å²) < 4.78 is 0. The van der Waals surface area contributed by atoms with Gasteiger partial charge in [-0.2, -0.15) is 0 Å². The van der Waals surface area contributed by atoms with Crippen molar-refractivity contribution in [1.29, 1.82) is 0 Å². The third kappa shape index (κ3) is 6.60. The smallest absolute Gasteiger partial charge is 0.0718 e. The van der Waals surface area contributed by atoms with Crippen LogP contribution in [0.4, 0.5) is 0 Å². The van der Waals surface area contributed by atoms with Crippen LogP contribution in [0.25, 0.3) is 0 Å². The Morgan fingerprint density at radius 3 is 2.19 bits per heavy atom. The molecule has 1 aromatic rings. The van der Waals surface area contributed by atoms with Gasteiger partial charge in [0.15, 0.2) is 0 Å². The minimum absolute atomic E-state index is 0.361. The van der Waals surface area contributed by atoms with Crippen LogP contribution in [0.2, 0.25) is 0 Å². The molecule has 1 unspecified atom stereocenters. The first-order chi connectivity index (χ1) is 9.75. The molecule has 0 amide bonds. The zero-order valence-electron chi connectivity index (χ0n) is 14.5. The highest BCUT2D eigenvalue weighted by atomic mass is 16.3. The molecule has 3 heteroatoms. The fourth-order valence-electron chi connectivity index (χ4n) is 2.90. The van der Waals surface area contributed by atoms with Crippen molar-refractivity contribution < 1.29 is 5.11 Å². The van der Waals surface area contributed by atoms with E-state index in [2.05, 4.69) is 49.2 Å². The topological polar surface area (TPSA) is 35.5 Å². The number of hydrogen-bond acceptors (Lipinski definition) is 3. The molecular weight excluding hydrogens is 260 g/mol. The molecule has 0 radical (unpaired) electrons. The largest absolute Gasteiger partial charge is 0.389 e. The SMILES string of the molecule is CCN(CCC(NC)c1cc(C)cc(C)c1)CC(C)(C)O. The van der Waals surface area contributed by atoms with Crippen molar-refractivity contribution in [1.82, 2.24) is 10.2 Å². The molecule has 0 aliphatic heterocycles. The summed E-state index contributed by atoms with van der Waals surface area (Å²) in [5.74, 6) is 0. The van der Waals surface area contributed by atoms with Crippen LogP contribution in [0.1, 0.15) is 49.9 Å². The van der Waals surface area contributed by atoms with Gasteiger partial charge in [0.25, 0.3) is 0 Å². The summed E-state index contributed by atoms with van der Waals surface area (Å²) in [6, 6.07) is 7.10. The molecule has 0 fully saturated rings. The van der Waals surface area contributed by atoms with Crippen LogP contribution in [-0.4, -0.2) is 42.3 Å². The highest BCUT2D eigenvalue weighted by Gasteiger charge is 2.18. The van der Waals surface area contributed by atoms with E-state index in [1.807, 2.05) is 20.9 Å². The van der Waals surface area contributed by atoms with Gasteiger partial charge in [0.05, 0.1) is 5.60 Å². The molecule has 2 N–H and O–H groups in total. The van der Waals surface area contributed by atoms with Crippen molar-refractivity contribution in [3.8, 4) is 0 Å². The standard InChI is InChI=1S/C18H32N2O/c1-7-20(13-18(4,5)21)9-8-17(19-6)16-11-14(2)10-15(3)12-16/h10-12,17,19,21H,7-9,13H2,1-6H3. The van der Waals surface area contributed by atoms with Crippen molar-refractivity contribution in [3.05, 3.63) is 34.9 Å². The maximum Gasteiger partial charge on any atom is 0.0718 e. The highest BCUT2D eigenvalue weighted by molar-refractivity contribution is 5.30. The molecular formula is C18H32N2O. The predicted octanol–water partition coefficient (Wildman–Crippen LogP) is 3.05. The number of benzene rings is 1. The van der Waals surface area contributed by atoms with Crippen molar-refractivity contribution >= 4 is 0 Å². The van der Waals surface area contributed by atoms with Gasteiger partial charge in [-0.25, -0.2) is 0 Å². The highest BCUT2D eigenvalue weighted by Crippen LogP contribution is 2.20. The first-order valence-corrected chi connectivity index (χ1v) is 7.95. The van der Waals surface area contributed by atoms with Gasteiger partial charge >= 0.3 is 0 Å². The molecule has 0 aliphatic carbocycles. The molecule has 21 heavy (non-hydrogen) atoms. The van der Waals surface area contributed by atoms with Crippen LogP contribution >= 0.6 is 0 Å². The fraction of sp³-hybridized carbons (Fsp3) is 0.667. The summed E-state index contributed by atoms with van der Waals surface area (Å²) in [7, 11) is 2.02. The number of nitrogens with zero attached hydrogens (tertiary/aromatic N) is 1. The van der Waals surface area contributed by atoms with Crippen molar-refractivity contribution in [3.63, 3.8) is 0 Å². The van der Waals surface area contributed by atoms with E-state index in [0.29, 0.717) is 12.6 Å². The molecule has 1 aromatic carbocycles. The molecule has 1 atom stereocenters. The van der Waals surface area contributed by atoms with Gasteiger partial charge in [0.1, 0.15) is 0 Å². The summed E-state index contributed by atoms with van der Waals surface area (Å²) in [5.41, 5.74) is 3.35. The van der Waals surface area contributed by atoms with Crippen LogP contribution in [0.3, 0.4) is 0 Å². The average molecular weight is 292 g/mol. The molecule has 1 rings (SSSR count). The molecule has 120 valence electrons. The van der Waals surface area contributed by atoms with Crippen LogP contribution in [0.5, 0.6) is 0 Å². The van der Waals surface area contributed by atoms with E-state index in [-0.39, 0.29) is 0 Å². The van der Waals surface area contributed by atoms with E-state index in [1.165, 1.54) is 16.7 Å². The van der Waals surface area contributed by atoms with Gasteiger partial charge in [-0.1, -0.05) is 36.2 Å². The second-order valence-electron chi connectivity index (χ2n) is 6.73. The fourth-order valence-corrected chi connectivity index (χ4v) is 2.90. The number of hydrogen-bond donors (Lipinski definition) is 2. The molecule has 0 aliphatic rings. The Kier molecular flexibility index (Phi) is 6.85. The summed E-state index contributed by atoms with van der Waals surface area (Å²) in [6.45, 7) is 12.9. The molecule has 0 saturated carbocycles. The zero-order valence-corrected chi connectivity index (χ0v) is 14.5. The third-order valence-corrected chi connectivity index (χ3v) is 3.79. The Morgan fingerprint density at radius 2 is 1.76 bits per heavy atom. The lowest BCUT2D eigenvalue weighted by Gasteiger charge is -2.29. The molecule has 0 bridgehead atoms. The van der Waals surface area contributed by atoms with Gasteiger partial charge in [-0.15, -0.1) is 0 Å². The monoisotopic (exact) mass is 292 g/mol. The van der Waals surface area contributed by atoms with Crippen LogP contribution < -0.4 is 5.32 Å². The summed E-state index contributed by atoms with van der Waals surface area (Å²) in [6.07, 6.45) is 1.04. The molecule has 0 aromatic heterocycles. The van der Waals surface area contributed by atoms with E-state index in [9.17, 15) is 5.11 Å². The number of rotatable bonds is 8. The zero-order chi connectivity index (χ0) is 16.0. The second kappa shape index (κ2) is 7.92. The minimum Gasteiger partial charge on any atom is -0.389 e. The third-order valence-electron chi connectivity index (χ3n) is 3.79. The Labute approximate surface area is 130 Å². The van der Waals surface area contributed by atoms with Crippen molar-refractivity contribution in [2.24, 2.45) is 0 Å². The van der Waals surface area contributed by atoms with Gasteiger partial charge in [-0.3, -0.25) is 0 Å². The van der Waals surface area contributed by atoms with Crippen LogP contribution in [-0.2, 0) is 0 Å². The predicted molar refractivity (Wildman–Crippen MR) is 90.7 cm³/mol. The molecule has 0 saturated heterocycles. The number of likely N-dealkylation sites (N-methyl/N-ethyl adjacent to an activating group) is 1. The van der Waals surface area contributed by atoms with Crippen LogP contribution in [0, 0.1) is 13.8 Å². The lowest BCUT2D eigenvalue weighted by Crippen LogP contribution is -2.39. The number of aliphatic hydroxyl groups is 1. The average Bonchev–Trinajstić information content (AvgIpc) is 2.35. The maximum atomic E-state index is 9.97. The Hall–Kier alpha value is -0.900. The molecule has 0 spiro atoms. The van der Waals surface area contributed by atoms with E-state index >= 15 is 0 Å². The van der Waals surface area contributed by atoms with Gasteiger partial charge in [-0.05, 0) is 53.3 Å². The van der Waals surface area contributed by atoms with E-state index in [1.54, 1.807) is 0 Å².